The molecule has 0 saturated carbocycles. The van der Waals surface area contributed by atoms with Crippen molar-refractivity contribution in [2.75, 3.05) is 39.6 Å². The van der Waals surface area contributed by atoms with E-state index in [1.54, 1.807) is 0 Å². The van der Waals surface area contributed by atoms with Crippen LogP contribution in [0.15, 0.2) is 0 Å². The average molecular weight is 1480 g/mol. The first kappa shape index (κ1) is 99.1. The molecule has 17 nitrogen and oxygen atoms in total. The molecule has 3 N–H and O–H groups in total. The molecule has 0 rings (SSSR count). The van der Waals surface area contributed by atoms with Crippen molar-refractivity contribution in [2.24, 2.45) is 11.8 Å². The molecule has 101 heavy (non-hydrogen) atoms. The first-order valence-electron chi connectivity index (χ1n) is 42.5. The maximum absolute atomic E-state index is 13.1. The van der Waals surface area contributed by atoms with Crippen LogP contribution in [0.1, 0.15) is 433 Å². The summed E-state index contributed by atoms with van der Waals surface area (Å²) in [5.74, 6) is -0.548. The molecule has 3 unspecified atom stereocenters. The summed E-state index contributed by atoms with van der Waals surface area (Å²) in [4.78, 5) is 72.8. The zero-order valence-electron chi connectivity index (χ0n) is 66.2. The highest BCUT2D eigenvalue weighted by Gasteiger charge is 2.30. The van der Waals surface area contributed by atoms with Gasteiger partial charge in [0.05, 0.1) is 26.4 Å². The third-order valence-electron chi connectivity index (χ3n) is 19.6. The van der Waals surface area contributed by atoms with Gasteiger partial charge in [-0.15, -0.1) is 0 Å². The van der Waals surface area contributed by atoms with Gasteiger partial charge in [-0.1, -0.05) is 382 Å². The second-order valence-corrected chi connectivity index (χ2v) is 33.1. The lowest BCUT2D eigenvalue weighted by Crippen LogP contribution is -2.30. The predicted molar refractivity (Wildman–Crippen MR) is 414 cm³/mol. The van der Waals surface area contributed by atoms with Crippen molar-refractivity contribution in [1.29, 1.82) is 0 Å². The highest BCUT2D eigenvalue weighted by Crippen LogP contribution is 2.45. The van der Waals surface area contributed by atoms with Crippen LogP contribution in [0.3, 0.4) is 0 Å². The first-order valence-corrected chi connectivity index (χ1v) is 45.5. The molecule has 0 bridgehead atoms. The fraction of sp³-hybridized carbons (Fsp3) is 0.951. The predicted octanol–water partition coefficient (Wildman–Crippen LogP) is 24.7. The van der Waals surface area contributed by atoms with E-state index in [2.05, 4.69) is 41.5 Å². The average Bonchev–Trinajstić information content (AvgIpc) is 1.13. The van der Waals surface area contributed by atoms with E-state index in [0.717, 1.165) is 102 Å². The minimum Gasteiger partial charge on any atom is -0.462 e. The van der Waals surface area contributed by atoms with Crippen LogP contribution in [0.5, 0.6) is 0 Å². The molecular formula is C82H160O17P2. The van der Waals surface area contributed by atoms with Crippen molar-refractivity contribution in [3.8, 4) is 0 Å². The normalized spacial score (nSPS) is 14.2. The molecule has 0 spiro atoms. The van der Waals surface area contributed by atoms with Gasteiger partial charge in [0, 0.05) is 25.7 Å². The smallest absolute Gasteiger partial charge is 0.462 e. The molecule has 0 aliphatic rings. The Bertz CT molecular complexity index is 1940. The van der Waals surface area contributed by atoms with Crippen molar-refractivity contribution >= 4 is 39.5 Å². The van der Waals surface area contributed by atoms with Gasteiger partial charge in [-0.3, -0.25) is 37.3 Å². The van der Waals surface area contributed by atoms with Crippen molar-refractivity contribution in [1.82, 2.24) is 0 Å². The Kier molecular flexibility index (Phi) is 72.2. The van der Waals surface area contributed by atoms with Gasteiger partial charge in [0.25, 0.3) is 0 Å². The van der Waals surface area contributed by atoms with Gasteiger partial charge in [0.1, 0.15) is 19.3 Å². The van der Waals surface area contributed by atoms with Gasteiger partial charge in [-0.25, -0.2) is 9.13 Å². The summed E-state index contributed by atoms with van der Waals surface area (Å²) in [6.45, 7) is 9.60. The molecule has 6 atom stereocenters. The Hall–Kier alpha value is -1.94. The molecule has 0 saturated heterocycles. The standard InChI is InChI=1S/C82H160O17P2/c1-7-10-12-14-16-18-19-20-21-22-23-24-25-29-32-35-38-41-47-53-59-65-80(85)93-71-77(98-81(86)66-60-54-48-42-39-36-33-30-27-26-28-31-34-37-40-45-51-57-63-75(6)9-3)72-96-100(88,89)94-68-76(83)69-95-101(90,91)97-73-78(70-92-79(84)64-58-52-46-17-15-13-11-8-2)99-82(87)67-61-55-49-43-44-50-56-62-74(4)5/h74-78,83H,7-73H2,1-6H3,(H,88,89)(H,90,91)/t75?,76-,77-,78-/m1/s1. The van der Waals surface area contributed by atoms with Crippen LogP contribution >= 0.6 is 15.6 Å². The lowest BCUT2D eigenvalue weighted by Gasteiger charge is -2.21. The third kappa shape index (κ3) is 74.7. The summed E-state index contributed by atoms with van der Waals surface area (Å²) in [6.07, 6.45) is 64.3. The van der Waals surface area contributed by atoms with E-state index in [4.69, 9.17) is 37.0 Å². The summed E-state index contributed by atoms with van der Waals surface area (Å²) < 4.78 is 68.6. The fourth-order valence-corrected chi connectivity index (χ4v) is 14.3. The zero-order chi connectivity index (χ0) is 74.2. The van der Waals surface area contributed by atoms with Crippen LogP contribution in [0.25, 0.3) is 0 Å². The summed E-state index contributed by atoms with van der Waals surface area (Å²) in [5, 5.41) is 10.6. The molecule has 0 aliphatic carbocycles. The summed E-state index contributed by atoms with van der Waals surface area (Å²) in [5.41, 5.74) is 0. The lowest BCUT2D eigenvalue weighted by atomic mass is 9.99. The number of rotatable bonds is 81. The topological polar surface area (TPSA) is 237 Å². The Morgan fingerprint density at radius 1 is 0.287 bits per heavy atom. The maximum atomic E-state index is 13.1. The van der Waals surface area contributed by atoms with Gasteiger partial charge in [0.2, 0.25) is 0 Å². The van der Waals surface area contributed by atoms with E-state index in [0.29, 0.717) is 31.6 Å². The molecule has 0 aromatic heterocycles. The monoisotopic (exact) mass is 1480 g/mol. The van der Waals surface area contributed by atoms with Gasteiger partial charge in [-0.05, 0) is 37.5 Å². The number of esters is 4. The molecule has 19 heteroatoms. The maximum Gasteiger partial charge on any atom is 0.472 e. The minimum atomic E-state index is -4.96. The van der Waals surface area contributed by atoms with Gasteiger partial charge < -0.3 is 33.8 Å². The SMILES string of the molecule is CCCCCCCCCCCCCCCCCCCCCCCC(=O)OC[C@H](COP(=O)(O)OC[C@@H](O)COP(=O)(O)OC[C@@H](COC(=O)CCCCCCCCCC)OC(=O)CCCCCCCCCC(C)C)OC(=O)CCCCCCCCCCCCCCCCCCCCC(C)CC. The van der Waals surface area contributed by atoms with Crippen LogP contribution < -0.4 is 0 Å². The Labute approximate surface area is 619 Å². The summed E-state index contributed by atoms with van der Waals surface area (Å²) in [7, 11) is -9.91. The lowest BCUT2D eigenvalue weighted by molar-refractivity contribution is -0.161. The van der Waals surface area contributed by atoms with Gasteiger partial charge in [-0.2, -0.15) is 0 Å². The molecular weight excluding hydrogens is 1320 g/mol. The molecule has 0 aromatic rings. The van der Waals surface area contributed by atoms with Gasteiger partial charge >= 0.3 is 39.5 Å². The molecule has 0 aromatic carbocycles. The van der Waals surface area contributed by atoms with E-state index < -0.39 is 97.5 Å². The number of ether oxygens (including phenoxy) is 4. The van der Waals surface area contributed by atoms with Crippen LogP contribution in [0.4, 0.5) is 0 Å². The Balaban J connectivity index is 5.14. The number of unbranched alkanes of at least 4 members (excludes halogenated alkanes) is 50. The van der Waals surface area contributed by atoms with E-state index in [1.165, 1.54) is 244 Å². The van der Waals surface area contributed by atoms with Crippen LogP contribution in [0.2, 0.25) is 0 Å². The van der Waals surface area contributed by atoms with Crippen molar-refractivity contribution in [3.05, 3.63) is 0 Å². The Morgan fingerprint density at radius 3 is 0.752 bits per heavy atom. The summed E-state index contributed by atoms with van der Waals surface area (Å²) >= 11 is 0. The highest BCUT2D eigenvalue weighted by molar-refractivity contribution is 7.47. The molecule has 600 valence electrons. The fourth-order valence-electron chi connectivity index (χ4n) is 12.7. The number of carbonyl (C=O) groups excluding carboxylic acids is 4. The number of phosphoric ester groups is 2. The van der Waals surface area contributed by atoms with Crippen molar-refractivity contribution < 1.29 is 80.2 Å². The second-order valence-electron chi connectivity index (χ2n) is 30.2. The number of carbonyl (C=O) groups is 4. The van der Waals surface area contributed by atoms with Crippen molar-refractivity contribution in [2.45, 2.75) is 452 Å². The van der Waals surface area contributed by atoms with E-state index in [1.807, 2.05) is 0 Å². The highest BCUT2D eigenvalue weighted by atomic mass is 31.2. The van der Waals surface area contributed by atoms with Crippen LogP contribution in [-0.2, 0) is 65.4 Å². The number of aliphatic hydroxyl groups is 1. The zero-order valence-corrected chi connectivity index (χ0v) is 68.0. The molecule has 0 radical (unpaired) electrons. The second kappa shape index (κ2) is 73.6. The van der Waals surface area contributed by atoms with Gasteiger partial charge in [0.15, 0.2) is 12.2 Å². The first-order chi connectivity index (χ1) is 48.9. The van der Waals surface area contributed by atoms with Crippen molar-refractivity contribution in [3.63, 3.8) is 0 Å². The molecule has 0 heterocycles. The number of phosphoric acid groups is 2. The van der Waals surface area contributed by atoms with Crippen LogP contribution in [0, 0.1) is 11.8 Å². The minimum absolute atomic E-state index is 0.104. The number of hydrogen-bond acceptors (Lipinski definition) is 15. The van der Waals surface area contributed by atoms with E-state index in [-0.39, 0.29) is 25.7 Å². The van der Waals surface area contributed by atoms with Crippen LogP contribution in [-0.4, -0.2) is 96.7 Å². The Morgan fingerprint density at radius 2 is 0.505 bits per heavy atom. The molecule has 0 aliphatic heterocycles. The summed E-state index contributed by atoms with van der Waals surface area (Å²) in [6, 6.07) is 0. The number of aliphatic hydroxyl groups excluding tert-OH is 1. The molecule has 0 amide bonds. The molecule has 0 fully saturated rings. The quantitative estimate of drug-likeness (QED) is 0.0222. The third-order valence-corrected chi connectivity index (χ3v) is 21.5. The van der Waals surface area contributed by atoms with E-state index in [9.17, 15) is 43.2 Å². The number of hydrogen-bond donors (Lipinski definition) is 3. The van der Waals surface area contributed by atoms with E-state index >= 15 is 0 Å². The largest absolute Gasteiger partial charge is 0.472 e.